The molecule has 0 saturated carbocycles. The molecule has 0 radical (unpaired) electrons. The van der Waals surface area contributed by atoms with E-state index < -0.39 is 0 Å². The molecule has 1 unspecified atom stereocenters. The molecule has 2 heteroatoms. The molecule has 21 heavy (non-hydrogen) atoms. The molecule has 0 amide bonds. The highest BCUT2D eigenvalue weighted by Gasteiger charge is 2.18. The van der Waals surface area contributed by atoms with Crippen LogP contribution in [0, 0.1) is 0 Å². The van der Waals surface area contributed by atoms with Gasteiger partial charge in [-0.15, -0.1) is 0 Å². The van der Waals surface area contributed by atoms with Crippen molar-refractivity contribution in [3.8, 4) is 11.4 Å². The van der Waals surface area contributed by atoms with Crippen LogP contribution in [-0.4, -0.2) is 4.57 Å². The first kappa shape index (κ1) is 15.8. The molecule has 0 aliphatic heterocycles. The standard InChI is InChI=1S/C19H29N2/c1-5-12-20-14-15-21(13-6-2)19(20)18-10-8-17(9-11-18)16(4)7-3/h8-11,14-16H,5-7,12-13H2,1-4H3/q+1. The van der Waals surface area contributed by atoms with Crippen LogP contribution in [0.4, 0.5) is 0 Å². The van der Waals surface area contributed by atoms with Crippen LogP contribution in [0.3, 0.4) is 0 Å². The van der Waals surface area contributed by atoms with Crippen LogP contribution >= 0.6 is 0 Å². The number of aromatic nitrogens is 2. The van der Waals surface area contributed by atoms with E-state index in [2.05, 4.69) is 73.5 Å². The van der Waals surface area contributed by atoms with Gasteiger partial charge in [0.15, 0.2) is 0 Å². The summed E-state index contributed by atoms with van der Waals surface area (Å²) in [6, 6.07) is 9.16. The van der Waals surface area contributed by atoms with Gasteiger partial charge in [-0.1, -0.05) is 39.8 Å². The molecule has 2 aromatic rings. The van der Waals surface area contributed by atoms with E-state index in [4.69, 9.17) is 0 Å². The number of nitrogens with zero attached hydrogens (tertiary/aromatic N) is 2. The first-order valence-electron chi connectivity index (χ1n) is 8.40. The predicted octanol–water partition coefficient (Wildman–Crippen LogP) is 4.78. The van der Waals surface area contributed by atoms with Gasteiger partial charge in [-0.25, -0.2) is 9.13 Å². The molecule has 114 valence electrons. The molecule has 0 fully saturated rings. The summed E-state index contributed by atoms with van der Waals surface area (Å²) in [6.07, 6.45) is 7.97. The van der Waals surface area contributed by atoms with Gasteiger partial charge in [-0.3, -0.25) is 0 Å². The summed E-state index contributed by atoms with van der Waals surface area (Å²) in [5.41, 5.74) is 2.77. The number of hydrogen-bond acceptors (Lipinski definition) is 0. The SMILES string of the molecule is CCCn1cc[n+](CCC)c1-c1ccc(C(C)CC)cc1. The van der Waals surface area contributed by atoms with Crippen molar-refractivity contribution < 1.29 is 4.57 Å². The average molecular weight is 285 g/mol. The van der Waals surface area contributed by atoms with E-state index in [0.717, 1.165) is 13.1 Å². The van der Waals surface area contributed by atoms with E-state index >= 15 is 0 Å². The molecule has 1 heterocycles. The lowest BCUT2D eigenvalue weighted by Gasteiger charge is -2.10. The number of benzene rings is 1. The highest BCUT2D eigenvalue weighted by molar-refractivity contribution is 5.53. The maximum absolute atomic E-state index is 2.38. The summed E-state index contributed by atoms with van der Waals surface area (Å²) < 4.78 is 4.77. The molecule has 0 saturated heterocycles. The third-order valence-electron chi connectivity index (χ3n) is 4.25. The largest absolute Gasteiger partial charge is 0.288 e. The Kier molecular flexibility index (Phi) is 5.60. The van der Waals surface area contributed by atoms with Crippen LogP contribution in [0.2, 0.25) is 0 Å². The highest BCUT2D eigenvalue weighted by atomic mass is 15.1. The fraction of sp³-hybridized carbons (Fsp3) is 0.526. The van der Waals surface area contributed by atoms with Gasteiger partial charge < -0.3 is 0 Å². The van der Waals surface area contributed by atoms with Crippen molar-refractivity contribution in [3.05, 3.63) is 42.2 Å². The minimum Gasteiger partial charge on any atom is -0.230 e. The van der Waals surface area contributed by atoms with E-state index in [1.165, 1.54) is 36.2 Å². The van der Waals surface area contributed by atoms with Crippen molar-refractivity contribution >= 4 is 0 Å². The second-order valence-electron chi connectivity index (χ2n) is 5.94. The molecule has 0 spiro atoms. The Morgan fingerprint density at radius 3 is 2.33 bits per heavy atom. The average Bonchev–Trinajstić information content (AvgIpc) is 2.90. The minimum absolute atomic E-state index is 0.643. The summed E-state index contributed by atoms with van der Waals surface area (Å²) in [4.78, 5) is 0. The van der Waals surface area contributed by atoms with Crippen LogP contribution in [0.5, 0.6) is 0 Å². The molecular formula is C19H29N2+. The van der Waals surface area contributed by atoms with Gasteiger partial charge in [0.1, 0.15) is 12.4 Å². The zero-order chi connectivity index (χ0) is 15.2. The van der Waals surface area contributed by atoms with Crippen LogP contribution in [0.25, 0.3) is 11.4 Å². The third kappa shape index (κ3) is 3.55. The van der Waals surface area contributed by atoms with Crippen molar-refractivity contribution in [2.24, 2.45) is 0 Å². The zero-order valence-electron chi connectivity index (χ0n) is 14.0. The number of rotatable bonds is 7. The number of hydrogen-bond donors (Lipinski definition) is 0. The van der Waals surface area contributed by atoms with E-state index in [9.17, 15) is 0 Å². The van der Waals surface area contributed by atoms with Crippen LogP contribution in [0.15, 0.2) is 36.7 Å². The molecule has 2 rings (SSSR count). The number of aryl methyl sites for hydroxylation is 2. The molecule has 2 nitrogen and oxygen atoms in total. The van der Waals surface area contributed by atoms with E-state index in [1.54, 1.807) is 0 Å². The summed E-state index contributed by atoms with van der Waals surface area (Å²) >= 11 is 0. The summed E-state index contributed by atoms with van der Waals surface area (Å²) in [6.45, 7) is 11.2. The summed E-state index contributed by atoms with van der Waals surface area (Å²) in [5.74, 6) is 1.98. The molecule has 1 atom stereocenters. The van der Waals surface area contributed by atoms with Crippen molar-refractivity contribution in [1.29, 1.82) is 0 Å². The lowest BCUT2D eigenvalue weighted by Crippen LogP contribution is -2.34. The first-order valence-corrected chi connectivity index (χ1v) is 8.40. The van der Waals surface area contributed by atoms with Gasteiger partial charge in [0.2, 0.25) is 0 Å². The van der Waals surface area contributed by atoms with Gasteiger partial charge in [-0.05, 0) is 42.9 Å². The molecular weight excluding hydrogens is 256 g/mol. The quantitative estimate of drug-likeness (QED) is 0.648. The second-order valence-corrected chi connectivity index (χ2v) is 5.94. The fourth-order valence-corrected chi connectivity index (χ4v) is 2.84. The molecule has 1 aromatic carbocycles. The Hall–Kier alpha value is -1.57. The zero-order valence-corrected chi connectivity index (χ0v) is 14.0. The van der Waals surface area contributed by atoms with E-state index in [1.807, 2.05) is 0 Å². The first-order chi connectivity index (χ1) is 10.2. The second kappa shape index (κ2) is 7.44. The van der Waals surface area contributed by atoms with Crippen molar-refractivity contribution in [3.63, 3.8) is 0 Å². The Balaban J connectivity index is 2.37. The van der Waals surface area contributed by atoms with Gasteiger partial charge in [0.25, 0.3) is 5.82 Å². The molecule has 0 aliphatic carbocycles. The van der Waals surface area contributed by atoms with Gasteiger partial charge in [0.05, 0.1) is 18.7 Å². The van der Waals surface area contributed by atoms with E-state index in [-0.39, 0.29) is 0 Å². The van der Waals surface area contributed by atoms with Crippen LogP contribution in [0.1, 0.15) is 58.4 Å². The Labute approximate surface area is 129 Å². The maximum Gasteiger partial charge on any atom is 0.288 e. The summed E-state index contributed by atoms with van der Waals surface area (Å²) in [7, 11) is 0. The van der Waals surface area contributed by atoms with Crippen molar-refractivity contribution in [2.75, 3.05) is 0 Å². The molecule has 0 aliphatic rings. The predicted molar refractivity (Wildman–Crippen MR) is 89.4 cm³/mol. The van der Waals surface area contributed by atoms with Crippen LogP contribution < -0.4 is 4.57 Å². The van der Waals surface area contributed by atoms with Crippen molar-refractivity contribution in [1.82, 2.24) is 4.57 Å². The van der Waals surface area contributed by atoms with Gasteiger partial charge >= 0.3 is 0 Å². The van der Waals surface area contributed by atoms with Crippen LogP contribution in [-0.2, 0) is 13.1 Å². The highest BCUT2D eigenvalue weighted by Crippen LogP contribution is 2.23. The molecule has 0 bridgehead atoms. The van der Waals surface area contributed by atoms with E-state index in [0.29, 0.717) is 5.92 Å². The topological polar surface area (TPSA) is 8.81 Å². The summed E-state index contributed by atoms with van der Waals surface area (Å²) in [5, 5.41) is 0. The van der Waals surface area contributed by atoms with Gasteiger partial charge in [0, 0.05) is 0 Å². The fourth-order valence-electron chi connectivity index (χ4n) is 2.84. The van der Waals surface area contributed by atoms with Crippen molar-refractivity contribution in [2.45, 2.75) is 66.0 Å². The maximum atomic E-state index is 2.38. The monoisotopic (exact) mass is 285 g/mol. The lowest BCUT2D eigenvalue weighted by atomic mass is 9.97. The Morgan fingerprint density at radius 2 is 1.76 bits per heavy atom. The Morgan fingerprint density at radius 1 is 1.05 bits per heavy atom. The van der Waals surface area contributed by atoms with Gasteiger partial charge in [-0.2, -0.15) is 0 Å². The Bertz CT molecular complexity index is 528. The minimum atomic E-state index is 0.643. The smallest absolute Gasteiger partial charge is 0.230 e. The number of imidazole rings is 1. The normalized spacial score (nSPS) is 12.6. The lowest BCUT2D eigenvalue weighted by molar-refractivity contribution is -0.685. The molecule has 0 N–H and O–H groups in total. The molecule has 1 aromatic heterocycles. The third-order valence-corrected chi connectivity index (χ3v) is 4.25.